The van der Waals surface area contributed by atoms with Crippen molar-refractivity contribution in [1.82, 2.24) is 15.2 Å². The van der Waals surface area contributed by atoms with Gasteiger partial charge in [0, 0.05) is 5.56 Å². The summed E-state index contributed by atoms with van der Waals surface area (Å²) in [5.41, 5.74) is 3.75. The van der Waals surface area contributed by atoms with Crippen LogP contribution in [0.5, 0.6) is 5.75 Å². The lowest BCUT2D eigenvalue weighted by Crippen LogP contribution is -1.97. The zero-order valence-electron chi connectivity index (χ0n) is 12.9. The van der Waals surface area contributed by atoms with Gasteiger partial charge in [-0.15, -0.1) is 5.10 Å². The van der Waals surface area contributed by atoms with Gasteiger partial charge >= 0.3 is 5.97 Å². The van der Waals surface area contributed by atoms with Gasteiger partial charge in [-0.1, -0.05) is 30.0 Å². The third-order valence-electron chi connectivity index (χ3n) is 3.32. The minimum Gasteiger partial charge on any atom is -0.508 e. The molecule has 0 amide bonds. The molecule has 2 aromatic carbocycles. The first-order valence-corrected chi connectivity index (χ1v) is 8.18. The number of aliphatic carboxylic acids is 1. The number of aromatic amines is 1. The second kappa shape index (κ2) is 6.76. The van der Waals surface area contributed by atoms with Gasteiger partial charge in [0.05, 0.1) is 5.75 Å². The summed E-state index contributed by atoms with van der Waals surface area (Å²) < 4.78 is 0. The van der Waals surface area contributed by atoms with Crippen molar-refractivity contribution in [2.24, 2.45) is 0 Å². The molecule has 3 aromatic rings. The number of aromatic nitrogens is 3. The lowest BCUT2D eigenvalue weighted by molar-refractivity contribution is -0.133. The molecule has 1 aromatic heterocycles. The van der Waals surface area contributed by atoms with E-state index in [0.717, 1.165) is 34.0 Å². The highest BCUT2D eigenvalue weighted by Gasteiger charge is 2.10. The van der Waals surface area contributed by atoms with E-state index in [9.17, 15) is 9.90 Å². The molecule has 0 aliphatic carbocycles. The van der Waals surface area contributed by atoms with Crippen molar-refractivity contribution in [2.45, 2.75) is 12.1 Å². The molecule has 24 heavy (non-hydrogen) atoms. The van der Waals surface area contributed by atoms with Crippen LogP contribution in [-0.4, -0.2) is 37.1 Å². The molecule has 0 aliphatic rings. The van der Waals surface area contributed by atoms with Crippen molar-refractivity contribution in [3.8, 4) is 28.3 Å². The molecule has 0 aliphatic heterocycles. The topological polar surface area (TPSA) is 99.1 Å². The van der Waals surface area contributed by atoms with Gasteiger partial charge in [0.15, 0.2) is 5.82 Å². The van der Waals surface area contributed by atoms with Crippen molar-refractivity contribution < 1.29 is 15.0 Å². The summed E-state index contributed by atoms with van der Waals surface area (Å²) in [7, 11) is 0. The number of hydrogen-bond donors (Lipinski definition) is 3. The van der Waals surface area contributed by atoms with Gasteiger partial charge in [0.25, 0.3) is 0 Å². The van der Waals surface area contributed by atoms with Crippen LogP contribution in [0.4, 0.5) is 0 Å². The third kappa shape index (κ3) is 3.75. The first kappa shape index (κ1) is 16.1. The van der Waals surface area contributed by atoms with Gasteiger partial charge in [-0.25, -0.2) is 4.98 Å². The predicted octanol–water partition coefficient (Wildman–Crippen LogP) is 3.33. The number of H-pyrrole nitrogens is 1. The summed E-state index contributed by atoms with van der Waals surface area (Å²) in [5.74, 6) is -0.205. The number of phenolic OH excluding ortho intramolecular Hbond substituents is 1. The molecule has 0 saturated carbocycles. The lowest BCUT2D eigenvalue weighted by atomic mass is 10.00. The highest BCUT2D eigenvalue weighted by molar-refractivity contribution is 7.99. The monoisotopic (exact) mass is 341 g/mol. The van der Waals surface area contributed by atoms with Crippen molar-refractivity contribution in [1.29, 1.82) is 0 Å². The average molecular weight is 341 g/mol. The number of benzene rings is 2. The fourth-order valence-electron chi connectivity index (χ4n) is 2.34. The Hall–Kier alpha value is -2.80. The van der Waals surface area contributed by atoms with Crippen molar-refractivity contribution in [2.75, 3.05) is 5.75 Å². The Morgan fingerprint density at radius 1 is 1.17 bits per heavy atom. The van der Waals surface area contributed by atoms with Crippen LogP contribution in [0.1, 0.15) is 5.56 Å². The Bertz CT molecular complexity index is 892. The van der Waals surface area contributed by atoms with Gasteiger partial charge in [0.1, 0.15) is 5.75 Å². The fraction of sp³-hybridized carbons (Fsp3) is 0.118. The summed E-state index contributed by atoms with van der Waals surface area (Å²) >= 11 is 1.06. The van der Waals surface area contributed by atoms with Crippen LogP contribution < -0.4 is 0 Å². The van der Waals surface area contributed by atoms with E-state index in [1.54, 1.807) is 18.2 Å². The normalized spacial score (nSPS) is 10.7. The Morgan fingerprint density at radius 3 is 2.71 bits per heavy atom. The summed E-state index contributed by atoms with van der Waals surface area (Å²) in [6, 6.07) is 13.0. The number of aryl methyl sites for hydroxylation is 1. The summed E-state index contributed by atoms with van der Waals surface area (Å²) in [4.78, 5) is 14.9. The number of nitrogens with one attached hydrogen (secondary N) is 1. The third-order valence-corrected chi connectivity index (χ3v) is 4.15. The van der Waals surface area contributed by atoms with Crippen molar-refractivity contribution >= 4 is 17.7 Å². The molecule has 0 atom stereocenters. The quantitative estimate of drug-likeness (QED) is 0.616. The largest absolute Gasteiger partial charge is 0.508 e. The van der Waals surface area contributed by atoms with Crippen LogP contribution in [-0.2, 0) is 4.79 Å². The molecular weight excluding hydrogens is 326 g/mol. The maximum Gasteiger partial charge on any atom is 0.313 e. The van der Waals surface area contributed by atoms with E-state index in [2.05, 4.69) is 15.2 Å². The van der Waals surface area contributed by atoms with Gasteiger partial charge in [-0.05, 0) is 47.9 Å². The first-order valence-electron chi connectivity index (χ1n) is 7.20. The molecule has 0 spiro atoms. The van der Waals surface area contributed by atoms with Crippen molar-refractivity contribution in [3.05, 3.63) is 48.0 Å². The highest BCUT2D eigenvalue weighted by Crippen LogP contribution is 2.29. The summed E-state index contributed by atoms with van der Waals surface area (Å²) in [5, 5.41) is 25.6. The molecule has 0 unspecified atom stereocenters. The maximum atomic E-state index is 10.6. The Balaban J connectivity index is 1.93. The molecule has 1 heterocycles. The Morgan fingerprint density at radius 2 is 1.96 bits per heavy atom. The number of aromatic hydroxyl groups is 1. The number of thioether (sulfide) groups is 1. The van der Waals surface area contributed by atoms with E-state index in [4.69, 9.17) is 5.11 Å². The minimum atomic E-state index is -0.909. The van der Waals surface area contributed by atoms with Crippen LogP contribution in [0.2, 0.25) is 0 Å². The van der Waals surface area contributed by atoms with E-state index < -0.39 is 5.97 Å². The maximum absolute atomic E-state index is 10.6. The summed E-state index contributed by atoms with van der Waals surface area (Å²) in [6.45, 7) is 1.98. The van der Waals surface area contributed by atoms with Crippen LogP contribution in [0.15, 0.2) is 47.6 Å². The van der Waals surface area contributed by atoms with E-state index in [1.807, 2.05) is 31.2 Å². The molecule has 0 saturated heterocycles. The van der Waals surface area contributed by atoms with Crippen LogP contribution in [0.3, 0.4) is 0 Å². The van der Waals surface area contributed by atoms with Gasteiger partial charge in [-0.2, -0.15) is 0 Å². The molecule has 122 valence electrons. The molecule has 7 heteroatoms. The van der Waals surface area contributed by atoms with E-state index >= 15 is 0 Å². The second-order valence-corrected chi connectivity index (χ2v) is 6.23. The Kier molecular flexibility index (Phi) is 4.52. The van der Waals surface area contributed by atoms with E-state index in [1.165, 1.54) is 0 Å². The number of hydrogen-bond acceptors (Lipinski definition) is 5. The lowest BCUT2D eigenvalue weighted by Gasteiger charge is -2.07. The first-order chi connectivity index (χ1) is 11.5. The predicted molar refractivity (Wildman–Crippen MR) is 92.0 cm³/mol. The van der Waals surface area contributed by atoms with Gasteiger partial charge in [0.2, 0.25) is 5.16 Å². The summed E-state index contributed by atoms with van der Waals surface area (Å²) in [6.07, 6.45) is 0. The van der Waals surface area contributed by atoms with E-state index in [0.29, 0.717) is 11.0 Å². The number of phenols is 1. The second-order valence-electron chi connectivity index (χ2n) is 5.29. The number of carboxylic acid groups (broad SMARTS) is 1. The number of carboxylic acids is 1. The molecule has 0 fully saturated rings. The van der Waals surface area contributed by atoms with E-state index in [-0.39, 0.29) is 11.5 Å². The molecular formula is C17H15N3O3S. The molecule has 6 nitrogen and oxygen atoms in total. The molecule has 3 rings (SSSR count). The fourth-order valence-corrected chi connectivity index (χ4v) is 2.86. The van der Waals surface area contributed by atoms with Gasteiger partial charge in [-0.3, -0.25) is 9.89 Å². The SMILES string of the molecule is Cc1cc(-c2cccc(O)c2)cc(-c2nc(SCC(=O)O)n[nH]2)c1. The number of rotatable bonds is 5. The van der Waals surface area contributed by atoms with Crippen molar-refractivity contribution in [3.63, 3.8) is 0 Å². The van der Waals surface area contributed by atoms with Crippen LogP contribution >= 0.6 is 11.8 Å². The molecule has 3 N–H and O–H groups in total. The highest BCUT2D eigenvalue weighted by atomic mass is 32.2. The average Bonchev–Trinajstić information content (AvgIpc) is 3.01. The zero-order chi connectivity index (χ0) is 17.1. The molecule has 0 bridgehead atoms. The smallest absolute Gasteiger partial charge is 0.313 e. The van der Waals surface area contributed by atoms with Crippen LogP contribution in [0, 0.1) is 6.92 Å². The Labute approximate surface area is 142 Å². The zero-order valence-corrected chi connectivity index (χ0v) is 13.7. The number of carbonyl (C=O) groups is 1. The standard InChI is InChI=1S/C17H15N3O3S/c1-10-5-12(11-3-2-4-14(21)8-11)7-13(6-10)16-18-17(20-19-16)24-9-15(22)23/h2-8,21H,9H2,1H3,(H,22,23)(H,18,19,20). The van der Waals surface area contributed by atoms with Gasteiger partial charge < -0.3 is 10.2 Å². The number of nitrogens with zero attached hydrogens (tertiary/aromatic N) is 2. The van der Waals surface area contributed by atoms with Crippen LogP contribution in [0.25, 0.3) is 22.5 Å². The molecule has 0 radical (unpaired) electrons. The minimum absolute atomic E-state index is 0.0837.